The van der Waals surface area contributed by atoms with Crippen LogP contribution in [0.4, 0.5) is 0 Å². The van der Waals surface area contributed by atoms with Crippen molar-refractivity contribution in [1.82, 2.24) is 10.2 Å². The van der Waals surface area contributed by atoms with E-state index >= 15 is 0 Å². The van der Waals surface area contributed by atoms with Crippen LogP contribution in [0.5, 0.6) is 0 Å². The second-order valence-corrected chi connectivity index (χ2v) is 5.34. The molecule has 0 spiro atoms. The van der Waals surface area contributed by atoms with Gasteiger partial charge in [-0.1, -0.05) is 6.92 Å². The Morgan fingerprint density at radius 1 is 1.53 bits per heavy atom. The first-order chi connectivity index (χ1) is 8.11. The fraction of sp³-hybridized carbons (Fsp3) is 0.917. The van der Waals surface area contributed by atoms with Crippen molar-refractivity contribution in [2.75, 3.05) is 26.8 Å². The molecule has 0 aromatic rings. The smallest absolute Gasteiger partial charge is 0.239 e. The van der Waals surface area contributed by atoms with E-state index in [-0.39, 0.29) is 18.6 Å². The molecule has 0 aromatic heterocycles. The van der Waals surface area contributed by atoms with Crippen LogP contribution in [0.3, 0.4) is 0 Å². The fourth-order valence-electron chi connectivity index (χ4n) is 2.48. The van der Waals surface area contributed by atoms with Gasteiger partial charge in [-0.3, -0.25) is 9.69 Å². The molecule has 3 N–H and O–H groups in total. The second kappa shape index (κ2) is 5.33. The molecule has 98 valence electrons. The van der Waals surface area contributed by atoms with E-state index in [0.29, 0.717) is 5.92 Å². The minimum atomic E-state index is -0.554. The van der Waals surface area contributed by atoms with Crippen LogP contribution in [0.1, 0.15) is 19.8 Å². The summed E-state index contributed by atoms with van der Waals surface area (Å²) in [5, 5.41) is 3.04. The van der Waals surface area contributed by atoms with Crippen LogP contribution in [-0.2, 0) is 9.53 Å². The molecule has 3 atom stereocenters. The molecule has 0 bridgehead atoms. The van der Waals surface area contributed by atoms with Gasteiger partial charge in [-0.05, 0) is 18.8 Å². The average molecular weight is 241 g/mol. The highest BCUT2D eigenvalue weighted by Gasteiger charge is 2.38. The van der Waals surface area contributed by atoms with Gasteiger partial charge in [0.15, 0.2) is 0 Å². The summed E-state index contributed by atoms with van der Waals surface area (Å²) in [5.74, 6) is 0.413. The standard InChI is InChI=1S/C12H23N3O2/c1-8-5-15(9-3-4-9)6-11(8)14-12(16)10(13)7-17-2/h8-11H,3-7,13H2,1-2H3,(H,14,16). The maximum Gasteiger partial charge on any atom is 0.239 e. The van der Waals surface area contributed by atoms with E-state index in [4.69, 9.17) is 10.5 Å². The Balaban J connectivity index is 1.80. The molecule has 5 nitrogen and oxygen atoms in total. The molecular weight excluding hydrogens is 218 g/mol. The second-order valence-electron chi connectivity index (χ2n) is 5.34. The maximum absolute atomic E-state index is 11.8. The molecule has 1 saturated carbocycles. The number of ether oxygens (including phenoxy) is 1. The molecule has 3 unspecified atom stereocenters. The van der Waals surface area contributed by atoms with Crippen molar-refractivity contribution in [2.24, 2.45) is 11.7 Å². The minimum Gasteiger partial charge on any atom is -0.383 e. The number of carbonyl (C=O) groups is 1. The summed E-state index contributed by atoms with van der Waals surface area (Å²) in [6, 6.07) is 0.459. The van der Waals surface area contributed by atoms with Gasteiger partial charge in [0.2, 0.25) is 5.91 Å². The molecule has 0 aromatic carbocycles. The molecule has 0 radical (unpaired) electrons. The number of nitrogens with one attached hydrogen (secondary N) is 1. The normalized spacial score (nSPS) is 31.5. The van der Waals surface area contributed by atoms with Gasteiger partial charge >= 0.3 is 0 Å². The van der Waals surface area contributed by atoms with Gasteiger partial charge in [-0.15, -0.1) is 0 Å². The van der Waals surface area contributed by atoms with E-state index in [2.05, 4.69) is 17.1 Å². The predicted octanol–water partition coefficient (Wildman–Crippen LogP) is -0.441. The van der Waals surface area contributed by atoms with Crippen molar-refractivity contribution in [2.45, 2.75) is 37.9 Å². The molecule has 1 heterocycles. The Morgan fingerprint density at radius 3 is 2.82 bits per heavy atom. The fourth-order valence-corrected chi connectivity index (χ4v) is 2.48. The Labute approximate surface area is 103 Å². The first kappa shape index (κ1) is 12.8. The van der Waals surface area contributed by atoms with Crippen molar-refractivity contribution in [1.29, 1.82) is 0 Å². The third-order valence-corrected chi connectivity index (χ3v) is 3.71. The average Bonchev–Trinajstić information content (AvgIpc) is 3.06. The lowest BCUT2D eigenvalue weighted by atomic mass is 10.1. The van der Waals surface area contributed by atoms with Crippen molar-refractivity contribution in [3.05, 3.63) is 0 Å². The van der Waals surface area contributed by atoms with E-state index in [1.807, 2.05) is 0 Å². The minimum absolute atomic E-state index is 0.0960. The molecule has 17 heavy (non-hydrogen) atoms. The Kier molecular flexibility index (Phi) is 4.01. The number of methoxy groups -OCH3 is 1. The van der Waals surface area contributed by atoms with Crippen molar-refractivity contribution in [3.8, 4) is 0 Å². The van der Waals surface area contributed by atoms with Crippen LogP contribution in [0.15, 0.2) is 0 Å². The predicted molar refractivity (Wildman–Crippen MR) is 65.5 cm³/mol. The van der Waals surface area contributed by atoms with Gasteiger partial charge in [0.1, 0.15) is 6.04 Å². The van der Waals surface area contributed by atoms with Gasteiger partial charge in [0.05, 0.1) is 6.61 Å². The molecule has 1 aliphatic heterocycles. The number of hydrogen-bond donors (Lipinski definition) is 2. The number of amides is 1. The van der Waals surface area contributed by atoms with Gasteiger partial charge in [0.25, 0.3) is 0 Å². The summed E-state index contributed by atoms with van der Waals surface area (Å²) in [5.41, 5.74) is 5.71. The van der Waals surface area contributed by atoms with Crippen LogP contribution < -0.4 is 11.1 Å². The zero-order valence-electron chi connectivity index (χ0n) is 10.7. The number of hydrogen-bond acceptors (Lipinski definition) is 4. The third kappa shape index (κ3) is 3.18. The van der Waals surface area contributed by atoms with Crippen LogP contribution in [-0.4, -0.2) is 55.7 Å². The molecule has 1 saturated heterocycles. The Bertz CT molecular complexity index is 281. The maximum atomic E-state index is 11.8. The van der Waals surface area contributed by atoms with E-state index in [9.17, 15) is 4.79 Å². The lowest BCUT2D eigenvalue weighted by Gasteiger charge is -2.19. The van der Waals surface area contributed by atoms with Gasteiger partial charge in [-0.25, -0.2) is 0 Å². The molecular formula is C12H23N3O2. The Hall–Kier alpha value is -0.650. The monoisotopic (exact) mass is 241 g/mol. The molecule has 1 aliphatic carbocycles. The van der Waals surface area contributed by atoms with Crippen molar-refractivity contribution in [3.63, 3.8) is 0 Å². The molecule has 2 fully saturated rings. The first-order valence-corrected chi connectivity index (χ1v) is 6.40. The van der Waals surface area contributed by atoms with Crippen LogP contribution in [0, 0.1) is 5.92 Å². The van der Waals surface area contributed by atoms with Crippen molar-refractivity contribution < 1.29 is 9.53 Å². The number of carbonyl (C=O) groups excluding carboxylic acids is 1. The lowest BCUT2D eigenvalue weighted by molar-refractivity contribution is -0.124. The van der Waals surface area contributed by atoms with Crippen LogP contribution >= 0.6 is 0 Å². The van der Waals surface area contributed by atoms with E-state index in [1.54, 1.807) is 7.11 Å². The Morgan fingerprint density at radius 2 is 2.24 bits per heavy atom. The first-order valence-electron chi connectivity index (χ1n) is 6.40. The SMILES string of the molecule is COCC(N)C(=O)NC1CN(C2CC2)CC1C. The lowest BCUT2D eigenvalue weighted by Crippen LogP contribution is -2.49. The number of rotatable bonds is 5. The number of likely N-dealkylation sites (tertiary alicyclic amines) is 1. The number of nitrogens with zero attached hydrogens (tertiary/aromatic N) is 1. The summed E-state index contributed by atoms with van der Waals surface area (Å²) >= 11 is 0. The topological polar surface area (TPSA) is 67.6 Å². The van der Waals surface area contributed by atoms with Gasteiger partial charge in [-0.2, -0.15) is 0 Å². The van der Waals surface area contributed by atoms with E-state index in [0.717, 1.165) is 19.1 Å². The molecule has 1 amide bonds. The van der Waals surface area contributed by atoms with Crippen molar-refractivity contribution >= 4 is 5.91 Å². The highest BCUT2D eigenvalue weighted by atomic mass is 16.5. The summed E-state index contributed by atoms with van der Waals surface area (Å²) in [6.45, 7) is 4.53. The number of nitrogens with two attached hydrogens (primary N) is 1. The van der Waals surface area contributed by atoms with E-state index < -0.39 is 6.04 Å². The summed E-state index contributed by atoms with van der Waals surface area (Å²) in [4.78, 5) is 14.3. The molecule has 2 rings (SSSR count). The van der Waals surface area contributed by atoms with E-state index in [1.165, 1.54) is 12.8 Å². The highest BCUT2D eigenvalue weighted by Crippen LogP contribution is 2.31. The summed E-state index contributed by atoms with van der Waals surface area (Å²) in [7, 11) is 1.56. The molecule has 2 aliphatic rings. The van der Waals surface area contributed by atoms with Crippen LogP contribution in [0.25, 0.3) is 0 Å². The summed E-state index contributed by atoms with van der Waals surface area (Å²) < 4.78 is 4.89. The largest absolute Gasteiger partial charge is 0.383 e. The zero-order valence-corrected chi connectivity index (χ0v) is 10.7. The van der Waals surface area contributed by atoms with Gasteiger partial charge < -0.3 is 15.8 Å². The zero-order chi connectivity index (χ0) is 12.4. The van der Waals surface area contributed by atoms with Gasteiger partial charge in [0, 0.05) is 32.3 Å². The quantitative estimate of drug-likeness (QED) is 0.685. The highest BCUT2D eigenvalue weighted by molar-refractivity contribution is 5.82. The summed E-state index contributed by atoms with van der Waals surface area (Å²) in [6.07, 6.45) is 2.63. The molecule has 5 heteroatoms. The third-order valence-electron chi connectivity index (χ3n) is 3.71. The van der Waals surface area contributed by atoms with Crippen LogP contribution in [0.2, 0.25) is 0 Å².